The lowest BCUT2D eigenvalue weighted by Gasteiger charge is -2.07. The van der Waals surface area contributed by atoms with Gasteiger partial charge < -0.3 is 9.40 Å². The molecule has 0 amide bonds. The van der Waals surface area contributed by atoms with Gasteiger partial charge in [-0.15, -0.1) is 0 Å². The molecule has 0 unspecified atom stereocenters. The first-order chi connectivity index (χ1) is 14.1. The van der Waals surface area contributed by atoms with Gasteiger partial charge in [0.1, 0.15) is 5.58 Å². The van der Waals surface area contributed by atoms with Crippen LogP contribution in [0.15, 0.2) is 88.1 Å². The van der Waals surface area contributed by atoms with Crippen LogP contribution in [0.4, 0.5) is 0 Å². The molecule has 4 nitrogen and oxygen atoms in total. The largest absolute Gasteiger partial charge is 0.422 e. The summed E-state index contributed by atoms with van der Waals surface area (Å²) in [7, 11) is 0. The van der Waals surface area contributed by atoms with Crippen molar-refractivity contribution in [3.05, 3.63) is 106 Å². The fourth-order valence-electron chi connectivity index (χ4n) is 3.86. The van der Waals surface area contributed by atoms with E-state index >= 15 is 0 Å². The third-order valence-corrected chi connectivity index (χ3v) is 5.20. The molecule has 0 fully saturated rings. The molecule has 29 heavy (non-hydrogen) atoms. The second-order valence-electron chi connectivity index (χ2n) is 7.05. The number of carbonyl (C=O) groups excluding carboxylic acids is 1. The Morgan fingerprint density at radius 1 is 0.897 bits per heavy atom. The number of benzene rings is 3. The van der Waals surface area contributed by atoms with Crippen molar-refractivity contribution in [1.82, 2.24) is 4.98 Å². The number of hydrogen-bond donors (Lipinski definition) is 1. The predicted molar refractivity (Wildman–Crippen MR) is 114 cm³/mol. The monoisotopic (exact) mass is 379 g/mol. The number of rotatable bonds is 3. The lowest BCUT2D eigenvalue weighted by Crippen LogP contribution is -2.03. The van der Waals surface area contributed by atoms with Gasteiger partial charge in [0, 0.05) is 22.6 Å². The number of nitrogens with one attached hydrogen (secondary N) is 1. The van der Waals surface area contributed by atoms with Crippen molar-refractivity contribution in [2.45, 2.75) is 6.92 Å². The first kappa shape index (κ1) is 17.2. The van der Waals surface area contributed by atoms with Gasteiger partial charge in [-0.05, 0) is 30.2 Å². The number of hydrogen-bond acceptors (Lipinski definition) is 3. The van der Waals surface area contributed by atoms with Crippen LogP contribution in [0.2, 0.25) is 0 Å². The summed E-state index contributed by atoms with van der Waals surface area (Å²) in [6.45, 7) is 1.88. The molecular weight excluding hydrogens is 362 g/mol. The molecule has 5 aromatic rings. The average molecular weight is 379 g/mol. The Bertz CT molecular complexity index is 1430. The van der Waals surface area contributed by atoms with Crippen LogP contribution in [0.3, 0.4) is 0 Å². The van der Waals surface area contributed by atoms with Gasteiger partial charge in [-0.25, -0.2) is 4.79 Å². The summed E-state index contributed by atoms with van der Waals surface area (Å²) in [5.74, 6) is -0.108. The number of H-pyrrole nitrogens is 1. The fourth-order valence-corrected chi connectivity index (χ4v) is 3.86. The molecule has 0 bridgehead atoms. The topological polar surface area (TPSA) is 63.1 Å². The van der Waals surface area contributed by atoms with E-state index in [-0.39, 0.29) is 5.78 Å². The van der Waals surface area contributed by atoms with Gasteiger partial charge in [-0.3, -0.25) is 4.79 Å². The first-order valence-electron chi connectivity index (χ1n) is 9.38. The lowest BCUT2D eigenvalue weighted by atomic mass is 9.96. The maximum absolute atomic E-state index is 13.4. The highest BCUT2D eigenvalue weighted by atomic mass is 16.4. The Balaban J connectivity index is 1.93. The molecule has 0 saturated carbocycles. The van der Waals surface area contributed by atoms with Crippen LogP contribution in [0.25, 0.3) is 33.0 Å². The normalized spacial score (nSPS) is 11.2. The second-order valence-corrected chi connectivity index (χ2v) is 7.05. The minimum absolute atomic E-state index is 0.108. The zero-order chi connectivity index (χ0) is 20.0. The van der Waals surface area contributed by atoms with E-state index in [1.807, 2.05) is 67.6 Å². The van der Waals surface area contributed by atoms with Gasteiger partial charge in [0.2, 0.25) is 5.78 Å². The summed E-state index contributed by atoms with van der Waals surface area (Å²) in [5, 5.41) is 1.60. The van der Waals surface area contributed by atoms with Crippen molar-refractivity contribution < 1.29 is 9.21 Å². The van der Waals surface area contributed by atoms with Crippen molar-refractivity contribution in [2.24, 2.45) is 0 Å². The van der Waals surface area contributed by atoms with E-state index in [9.17, 15) is 9.59 Å². The van der Waals surface area contributed by atoms with Crippen LogP contribution < -0.4 is 5.63 Å². The SMILES string of the molecule is Cc1cc(=O)oc2c1ccc1[nH]c(C(=O)c3ccccc3)c(-c3ccccc3)c12. The summed E-state index contributed by atoms with van der Waals surface area (Å²) < 4.78 is 5.63. The van der Waals surface area contributed by atoms with Crippen LogP contribution in [-0.2, 0) is 0 Å². The van der Waals surface area contributed by atoms with E-state index in [1.165, 1.54) is 6.07 Å². The van der Waals surface area contributed by atoms with Crippen molar-refractivity contribution in [2.75, 3.05) is 0 Å². The van der Waals surface area contributed by atoms with E-state index in [2.05, 4.69) is 4.98 Å². The Labute approximate surface area is 166 Å². The molecule has 2 aromatic heterocycles. The van der Waals surface area contributed by atoms with E-state index in [0.29, 0.717) is 16.8 Å². The number of aromatic nitrogens is 1. The summed E-state index contributed by atoms with van der Waals surface area (Å²) in [5.41, 5.74) is 4.39. The molecule has 3 aromatic carbocycles. The fraction of sp³-hybridized carbons (Fsp3) is 0.0400. The smallest absolute Gasteiger partial charge is 0.336 e. The average Bonchev–Trinajstić information content (AvgIpc) is 3.14. The number of ketones is 1. The number of carbonyl (C=O) groups is 1. The third kappa shape index (κ3) is 2.77. The van der Waals surface area contributed by atoms with Crippen molar-refractivity contribution in [3.8, 4) is 11.1 Å². The molecule has 5 rings (SSSR count). The molecule has 0 radical (unpaired) electrons. The zero-order valence-electron chi connectivity index (χ0n) is 15.7. The van der Waals surface area contributed by atoms with Crippen molar-refractivity contribution in [3.63, 3.8) is 0 Å². The molecule has 0 aliphatic rings. The Morgan fingerprint density at radius 3 is 2.31 bits per heavy atom. The predicted octanol–water partition coefficient (Wildman–Crippen LogP) is 5.48. The minimum Gasteiger partial charge on any atom is -0.422 e. The van der Waals surface area contributed by atoms with Crippen molar-refractivity contribution >= 4 is 27.7 Å². The van der Waals surface area contributed by atoms with E-state index < -0.39 is 5.63 Å². The Kier molecular flexibility index (Phi) is 3.91. The lowest BCUT2D eigenvalue weighted by molar-refractivity contribution is 0.103. The highest BCUT2D eigenvalue weighted by Crippen LogP contribution is 2.38. The van der Waals surface area contributed by atoms with Crippen LogP contribution in [-0.4, -0.2) is 10.8 Å². The highest BCUT2D eigenvalue weighted by Gasteiger charge is 2.23. The Morgan fingerprint density at radius 2 is 1.59 bits per heavy atom. The first-order valence-corrected chi connectivity index (χ1v) is 9.38. The second kappa shape index (κ2) is 6.60. The highest BCUT2D eigenvalue weighted by molar-refractivity contribution is 6.21. The summed E-state index contributed by atoms with van der Waals surface area (Å²) in [6.07, 6.45) is 0. The number of aromatic amines is 1. The Hall–Kier alpha value is -3.92. The molecular formula is C25H17NO3. The van der Waals surface area contributed by atoms with Crippen molar-refractivity contribution in [1.29, 1.82) is 0 Å². The molecule has 1 N–H and O–H groups in total. The van der Waals surface area contributed by atoms with Crippen LogP contribution in [0.1, 0.15) is 21.6 Å². The summed E-state index contributed by atoms with van der Waals surface area (Å²) >= 11 is 0. The molecule has 0 aliphatic carbocycles. The summed E-state index contributed by atoms with van der Waals surface area (Å²) in [4.78, 5) is 28.8. The maximum Gasteiger partial charge on any atom is 0.336 e. The van der Waals surface area contributed by atoms with Gasteiger partial charge >= 0.3 is 5.63 Å². The van der Waals surface area contributed by atoms with E-state index in [0.717, 1.165) is 33.0 Å². The minimum atomic E-state index is -0.404. The quantitative estimate of drug-likeness (QED) is 0.333. The molecule has 4 heteroatoms. The standard InChI is InChI=1S/C25H17NO3/c1-15-14-20(27)29-25-18(15)12-13-19-22(25)21(16-8-4-2-5-9-16)23(26-19)24(28)17-10-6-3-7-11-17/h2-14,26H,1H3. The van der Waals surface area contributed by atoms with Gasteiger partial charge in [0.15, 0.2) is 0 Å². The molecule has 0 aliphatic heterocycles. The molecule has 0 saturated heterocycles. The summed E-state index contributed by atoms with van der Waals surface area (Å²) in [6, 6.07) is 24.2. The van der Waals surface area contributed by atoms with Gasteiger partial charge in [-0.1, -0.05) is 60.7 Å². The van der Waals surface area contributed by atoms with Crippen LogP contribution in [0.5, 0.6) is 0 Å². The zero-order valence-corrected chi connectivity index (χ0v) is 15.7. The van der Waals surface area contributed by atoms with Gasteiger partial charge in [0.25, 0.3) is 0 Å². The van der Waals surface area contributed by atoms with Crippen LogP contribution >= 0.6 is 0 Å². The van der Waals surface area contributed by atoms with E-state index in [4.69, 9.17) is 4.42 Å². The molecule has 0 spiro atoms. The maximum atomic E-state index is 13.4. The van der Waals surface area contributed by atoms with Gasteiger partial charge in [-0.2, -0.15) is 0 Å². The van der Waals surface area contributed by atoms with E-state index in [1.54, 1.807) is 12.1 Å². The molecule has 2 heterocycles. The third-order valence-electron chi connectivity index (χ3n) is 5.20. The molecule has 140 valence electrons. The number of fused-ring (bicyclic) bond motifs is 3. The molecule has 0 atom stereocenters. The van der Waals surface area contributed by atoms with Crippen LogP contribution in [0, 0.1) is 6.92 Å². The van der Waals surface area contributed by atoms with Gasteiger partial charge in [0.05, 0.1) is 16.6 Å². The number of aryl methyl sites for hydroxylation is 1.